The Bertz CT molecular complexity index is 1130. The number of nitrogens with zero attached hydrogens (tertiary/aromatic N) is 1. The fourth-order valence-corrected chi connectivity index (χ4v) is 4.89. The Labute approximate surface area is 187 Å². The van der Waals surface area contributed by atoms with Gasteiger partial charge in [0.15, 0.2) is 17.3 Å². The van der Waals surface area contributed by atoms with Gasteiger partial charge in [0.1, 0.15) is 23.3 Å². The van der Waals surface area contributed by atoms with Gasteiger partial charge in [-0.05, 0) is 48.4 Å². The first-order valence-corrected chi connectivity index (χ1v) is 11.3. The minimum absolute atomic E-state index is 0.112. The molecule has 0 saturated carbocycles. The largest absolute Gasteiger partial charge is 0.490 e. The topological polar surface area (TPSA) is 72.3 Å². The van der Waals surface area contributed by atoms with Crippen molar-refractivity contribution < 1.29 is 18.7 Å². The summed E-state index contributed by atoms with van der Waals surface area (Å²) in [5.74, 6) is 0.106. The van der Waals surface area contributed by atoms with E-state index < -0.39 is 5.92 Å². The number of carbonyl (C=O) groups is 1. The molecular weight excluding hydrogens is 435 g/mol. The second kappa shape index (κ2) is 9.45. The second-order valence-electron chi connectivity index (χ2n) is 6.70. The van der Waals surface area contributed by atoms with Crippen LogP contribution < -0.4 is 9.47 Å². The van der Waals surface area contributed by atoms with Crippen molar-refractivity contribution >= 4 is 40.0 Å². The van der Waals surface area contributed by atoms with Crippen LogP contribution in [-0.4, -0.2) is 22.4 Å². The lowest BCUT2D eigenvalue weighted by Gasteiger charge is -2.13. The molecule has 2 heterocycles. The Morgan fingerprint density at radius 1 is 1.16 bits per heavy atom. The number of ketones is 1. The van der Waals surface area contributed by atoms with E-state index >= 15 is 0 Å². The SMILES string of the molecule is CCOc1cc(/C=C2\SC(=N)[C@@H](c3nccs3)C2=O)ccc1OCc1ccc(F)cc1. The van der Waals surface area contributed by atoms with Crippen LogP contribution in [0.5, 0.6) is 11.5 Å². The number of nitrogens with one attached hydrogen (secondary N) is 1. The Morgan fingerprint density at radius 3 is 2.68 bits per heavy atom. The van der Waals surface area contributed by atoms with Gasteiger partial charge in [0, 0.05) is 11.6 Å². The van der Waals surface area contributed by atoms with E-state index in [-0.39, 0.29) is 23.3 Å². The first kappa shape index (κ1) is 21.3. The minimum atomic E-state index is -0.610. The summed E-state index contributed by atoms with van der Waals surface area (Å²) in [6.45, 7) is 2.62. The highest BCUT2D eigenvalue weighted by atomic mass is 32.2. The van der Waals surface area contributed by atoms with Gasteiger partial charge in [-0.3, -0.25) is 10.2 Å². The second-order valence-corrected chi connectivity index (χ2v) is 8.71. The maximum atomic E-state index is 13.1. The van der Waals surface area contributed by atoms with Gasteiger partial charge in [-0.1, -0.05) is 30.0 Å². The maximum Gasteiger partial charge on any atom is 0.186 e. The van der Waals surface area contributed by atoms with Gasteiger partial charge >= 0.3 is 0 Å². The van der Waals surface area contributed by atoms with E-state index in [1.165, 1.54) is 35.2 Å². The third kappa shape index (κ3) is 4.86. The lowest BCUT2D eigenvalue weighted by Crippen LogP contribution is -2.11. The first-order chi connectivity index (χ1) is 15.0. The summed E-state index contributed by atoms with van der Waals surface area (Å²) in [6.07, 6.45) is 3.41. The fourth-order valence-electron chi connectivity index (χ4n) is 3.09. The molecule has 0 radical (unpaired) electrons. The van der Waals surface area contributed by atoms with E-state index in [1.54, 1.807) is 35.9 Å². The van der Waals surface area contributed by atoms with Crippen LogP contribution in [0.4, 0.5) is 4.39 Å². The molecule has 0 bridgehead atoms. The molecule has 1 N–H and O–H groups in total. The van der Waals surface area contributed by atoms with Gasteiger partial charge in [-0.15, -0.1) is 11.3 Å². The van der Waals surface area contributed by atoms with Gasteiger partial charge in [-0.25, -0.2) is 9.37 Å². The number of hydrogen-bond donors (Lipinski definition) is 1. The fraction of sp³-hybridized carbons (Fsp3) is 0.174. The predicted octanol–water partition coefficient (Wildman–Crippen LogP) is 5.68. The van der Waals surface area contributed by atoms with Crippen molar-refractivity contribution in [1.29, 1.82) is 5.41 Å². The predicted molar refractivity (Wildman–Crippen MR) is 121 cm³/mol. The van der Waals surface area contributed by atoms with Crippen molar-refractivity contribution in [3.63, 3.8) is 0 Å². The van der Waals surface area contributed by atoms with Crippen LogP contribution in [0.15, 0.2) is 58.9 Å². The standard InChI is InChI=1S/C23H19FN2O3S2/c1-2-28-18-11-15(5-8-17(18)29-13-14-3-6-16(24)7-4-14)12-19-21(27)20(22(25)31-19)23-26-9-10-30-23/h3-12,20,25H,2,13H2,1H3/b19-12-,25-22?/t20-/m0/s1. The van der Waals surface area contributed by atoms with E-state index in [0.717, 1.165) is 11.1 Å². The van der Waals surface area contributed by atoms with Crippen LogP contribution in [0, 0.1) is 11.2 Å². The van der Waals surface area contributed by atoms with E-state index in [1.807, 2.05) is 19.1 Å². The quantitative estimate of drug-likeness (QED) is 0.465. The van der Waals surface area contributed by atoms with Crippen molar-refractivity contribution in [2.45, 2.75) is 19.4 Å². The number of allylic oxidation sites excluding steroid dienone is 1. The van der Waals surface area contributed by atoms with Crippen LogP contribution in [0.1, 0.15) is 29.0 Å². The average Bonchev–Trinajstić information content (AvgIpc) is 3.37. The molecule has 3 aromatic rings. The highest BCUT2D eigenvalue weighted by Crippen LogP contribution is 2.41. The highest BCUT2D eigenvalue weighted by molar-refractivity contribution is 8.19. The molecule has 0 aliphatic carbocycles. The maximum absolute atomic E-state index is 13.1. The van der Waals surface area contributed by atoms with Crippen molar-refractivity contribution in [2.24, 2.45) is 0 Å². The number of carbonyl (C=O) groups excluding carboxylic acids is 1. The van der Waals surface area contributed by atoms with E-state index in [4.69, 9.17) is 14.9 Å². The van der Waals surface area contributed by atoms with Gasteiger partial charge in [0.2, 0.25) is 0 Å². The molecule has 8 heteroatoms. The van der Waals surface area contributed by atoms with Crippen molar-refractivity contribution in [1.82, 2.24) is 4.98 Å². The van der Waals surface area contributed by atoms with E-state index in [0.29, 0.717) is 28.0 Å². The zero-order valence-electron chi connectivity index (χ0n) is 16.6. The summed E-state index contributed by atoms with van der Waals surface area (Å²) in [5.41, 5.74) is 1.62. The molecule has 1 aliphatic heterocycles. The molecule has 1 aliphatic rings. The molecule has 1 atom stereocenters. The molecule has 31 heavy (non-hydrogen) atoms. The highest BCUT2D eigenvalue weighted by Gasteiger charge is 2.38. The normalized spacial score (nSPS) is 17.4. The third-order valence-corrected chi connectivity index (χ3v) is 6.39. The molecule has 0 amide bonds. The summed E-state index contributed by atoms with van der Waals surface area (Å²) in [5, 5.41) is 10.9. The monoisotopic (exact) mass is 454 g/mol. The van der Waals surface area contributed by atoms with Gasteiger partial charge < -0.3 is 9.47 Å². The number of rotatable bonds is 7. The Balaban J connectivity index is 1.54. The summed E-state index contributed by atoms with van der Waals surface area (Å²) < 4.78 is 24.7. The molecular formula is C23H19FN2O3S2. The minimum Gasteiger partial charge on any atom is -0.490 e. The molecule has 158 valence electrons. The molecule has 1 fully saturated rings. The molecule has 2 aromatic carbocycles. The molecule has 1 saturated heterocycles. The zero-order chi connectivity index (χ0) is 21.8. The molecule has 0 spiro atoms. The number of thiazole rings is 1. The van der Waals surface area contributed by atoms with Gasteiger partial charge in [0.05, 0.1) is 16.6 Å². The number of halogens is 1. The van der Waals surface area contributed by atoms with E-state index in [9.17, 15) is 9.18 Å². The summed E-state index contributed by atoms with van der Waals surface area (Å²) in [4.78, 5) is 17.5. The average molecular weight is 455 g/mol. The lowest BCUT2D eigenvalue weighted by molar-refractivity contribution is -0.114. The van der Waals surface area contributed by atoms with Crippen LogP contribution in [-0.2, 0) is 11.4 Å². The number of benzene rings is 2. The van der Waals surface area contributed by atoms with Crippen LogP contribution in [0.25, 0.3) is 6.08 Å². The molecule has 5 nitrogen and oxygen atoms in total. The summed E-state index contributed by atoms with van der Waals surface area (Å²) in [7, 11) is 0. The number of ether oxygens (including phenoxy) is 2. The molecule has 4 rings (SSSR count). The third-order valence-electron chi connectivity index (χ3n) is 4.56. The zero-order valence-corrected chi connectivity index (χ0v) is 18.3. The summed E-state index contributed by atoms with van der Waals surface area (Å²) in [6, 6.07) is 11.6. The van der Waals surface area contributed by atoms with Crippen LogP contribution in [0.2, 0.25) is 0 Å². The number of thioether (sulfide) groups is 1. The first-order valence-electron chi connectivity index (χ1n) is 9.61. The Morgan fingerprint density at radius 2 is 1.97 bits per heavy atom. The number of Topliss-reactive ketones (excluding diaryl/α,β-unsaturated/α-hetero) is 1. The lowest BCUT2D eigenvalue weighted by atomic mass is 10.0. The van der Waals surface area contributed by atoms with Crippen LogP contribution in [0.3, 0.4) is 0 Å². The smallest absolute Gasteiger partial charge is 0.186 e. The molecule has 1 aromatic heterocycles. The number of hydrogen-bond acceptors (Lipinski definition) is 7. The van der Waals surface area contributed by atoms with Gasteiger partial charge in [0.25, 0.3) is 0 Å². The van der Waals surface area contributed by atoms with Crippen LogP contribution >= 0.6 is 23.1 Å². The summed E-state index contributed by atoms with van der Waals surface area (Å²) >= 11 is 2.55. The van der Waals surface area contributed by atoms with Crippen molar-refractivity contribution in [2.75, 3.05) is 6.61 Å². The van der Waals surface area contributed by atoms with E-state index in [2.05, 4.69) is 4.98 Å². The Hall–Kier alpha value is -2.97. The Kier molecular flexibility index (Phi) is 6.48. The molecule has 0 unspecified atom stereocenters. The van der Waals surface area contributed by atoms with Crippen molar-refractivity contribution in [3.8, 4) is 11.5 Å². The van der Waals surface area contributed by atoms with Gasteiger partial charge in [-0.2, -0.15) is 0 Å². The van der Waals surface area contributed by atoms with Crippen molar-refractivity contribution in [3.05, 3.63) is 80.9 Å². The number of aromatic nitrogens is 1.